The van der Waals surface area contributed by atoms with Gasteiger partial charge in [-0.1, -0.05) is 35.5 Å². The van der Waals surface area contributed by atoms with Gasteiger partial charge < -0.3 is 25.4 Å². The van der Waals surface area contributed by atoms with Gasteiger partial charge in [-0.05, 0) is 0 Å². The highest BCUT2D eigenvalue weighted by Gasteiger charge is 2.44. The molecule has 1 aliphatic rings. The Kier molecular flexibility index (Phi) is 6.46. The molecule has 0 saturated carbocycles. The van der Waals surface area contributed by atoms with Gasteiger partial charge in [-0.3, -0.25) is 19.1 Å². The molecule has 1 saturated heterocycles. The van der Waals surface area contributed by atoms with Crippen LogP contribution < -0.4 is 16.6 Å². The van der Waals surface area contributed by atoms with Gasteiger partial charge in [0.25, 0.3) is 5.56 Å². The first-order valence-electron chi connectivity index (χ1n) is 10.1. The summed E-state index contributed by atoms with van der Waals surface area (Å²) in [4.78, 5) is 37.9. The van der Waals surface area contributed by atoms with E-state index in [4.69, 9.17) is 4.74 Å². The van der Waals surface area contributed by atoms with Gasteiger partial charge in [0, 0.05) is 24.4 Å². The number of carbonyl (C=O) groups excluding carboxylic acids is 1. The van der Waals surface area contributed by atoms with Gasteiger partial charge in [-0.2, -0.15) is 0 Å². The van der Waals surface area contributed by atoms with E-state index in [0.717, 1.165) is 22.4 Å². The number of hydrogen-bond donors (Lipinski definition) is 5. The van der Waals surface area contributed by atoms with Crippen molar-refractivity contribution in [2.75, 3.05) is 13.2 Å². The summed E-state index contributed by atoms with van der Waals surface area (Å²) in [6, 6.07) is 9.17. The fourth-order valence-corrected chi connectivity index (χ4v) is 3.53. The molecule has 4 rings (SSSR count). The number of benzene rings is 1. The fourth-order valence-electron chi connectivity index (χ4n) is 3.53. The highest BCUT2D eigenvalue weighted by Crippen LogP contribution is 2.28. The lowest BCUT2D eigenvalue weighted by molar-refractivity contribution is -0.126. The fraction of sp³-hybridized carbons (Fsp3) is 0.350. The van der Waals surface area contributed by atoms with E-state index < -0.39 is 54.3 Å². The average molecular weight is 458 g/mol. The van der Waals surface area contributed by atoms with Gasteiger partial charge in [0.2, 0.25) is 5.91 Å². The van der Waals surface area contributed by atoms with Crippen molar-refractivity contribution in [2.24, 2.45) is 0 Å². The Bertz CT molecular complexity index is 1220. The molecule has 13 nitrogen and oxygen atoms in total. The highest BCUT2D eigenvalue weighted by atomic mass is 16.6. The van der Waals surface area contributed by atoms with Crippen LogP contribution in [0.1, 0.15) is 12.3 Å². The van der Waals surface area contributed by atoms with Crippen LogP contribution in [0.25, 0.3) is 11.3 Å². The van der Waals surface area contributed by atoms with Gasteiger partial charge in [0.1, 0.15) is 24.0 Å². The summed E-state index contributed by atoms with van der Waals surface area (Å²) in [6.07, 6.45) is -2.55. The Morgan fingerprint density at radius 3 is 2.64 bits per heavy atom. The molecule has 0 radical (unpaired) electrons. The maximum absolute atomic E-state index is 12.7. The summed E-state index contributed by atoms with van der Waals surface area (Å²) in [7, 11) is 0. The second kappa shape index (κ2) is 9.46. The van der Waals surface area contributed by atoms with Crippen molar-refractivity contribution in [3.63, 3.8) is 0 Å². The maximum Gasteiger partial charge on any atom is 0.330 e. The number of aromatic amines is 1. The lowest BCUT2D eigenvalue weighted by atomic mass is 10.1. The third-order valence-corrected chi connectivity index (χ3v) is 5.31. The van der Waals surface area contributed by atoms with E-state index in [1.54, 1.807) is 0 Å². The van der Waals surface area contributed by atoms with Crippen molar-refractivity contribution in [3.05, 3.63) is 69.6 Å². The highest BCUT2D eigenvalue weighted by molar-refractivity contribution is 5.80. The Hall–Kier alpha value is -3.65. The van der Waals surface area contributed by atoms with Crippen molar-refractivity contribution < 1.29 is 24.9 Å². The molecule has 174 valence electrons. The van der Waals surface area contributed by atoms with Crippen molar-refractivity contribution in [2.45, 2.75) is 30.6 Å². The minimum absolute atomic E-state index is 0.220. The molecular weight excluding hydrogens is 436 g/mol. The van der Waals surface area contributed by atoms with Gasteiger partial charge in [-0.25, -0.2) is 9.48 Å². The molecule has 0 bridgehead atoms. The van der Waals surface area contributed by atoms with E-state index in [0.29, 0.717) is 5.69 Å². The van der Waals surface area contributed by atoms with Crippen LogP contribution in [0.2, 0.25) is 0 Å². The molecule has 0 spiro atoms. The molecule has 5 N–H and O–H groups in total. The molecule has 0 aliphatic carbocycles. The molecule has 1 fully saturated rings. The molecule has 1 aliphatic heterocycles. The van der Waals surface area contributed by atoms with E-state index in [2.05, 4.69) is 15.6 Å². The largest absolute Gasteiger partial charge is 0.394 e. The number of aromatic nitrogens is 5. The molecule has 5 atom stereocenters. The van der Waals surface area contributed by atoms with Crippen LogP contribution in [0.3, 0.4) is 0 Å². The Morgan fingerprint density at radius 1 is 1.18 bits per heavy atom. The molecular formula is C20H22N6O7. The number of aliphatic hydroxyl groups is 3. The first-order chi connectivity index (χ1) is 15.9. The molecule has 2 aromatic heterocycles. The second-order valence-electron chi connectivity index (χ2n) is 7.46. The van der Waals surface area contributed by atoms with Crippen molar-refractivity contribution in [1.82, 2.24) is 29.9 Å². The van der Waals surface area contributed by atoms with Crippen LogP contribution in [0.15, 0.2) is 58.4 Å². The summed E-state index contributed by atoms with van der Waals surface area (Å²) in [5.41, 5.74) is -0.120. The van der Waals surface area contributed by atoms with E-state index in [1.807, 2.05) is 35.3 Å². The summed E-state index contributed by atoms with van der Waals surface area (Å²) >= 11 is 0. The zero-order chi connectivity index (χ0) is 23.5. The summed E-state index contributed by atoms with van der Waals surface area (Å²) in [5, 5.41) is 40.8. The van der Waals surface area contributed by atoms with Crippen LogP contribution in [-0.2, 0) is 9.53 Å². The van der Waals surface area contributed by atoms with Crippen molar-refractivity contribution >= 4 is 5.91 Å². The van der Waals surface area contributed by atoms with Gasteiger partial charge in [0.05, 0.1) is 12.8 Å². The minimum Gasteiger partial charge on any atom is -0.394 e. The standard InChI is InChI=1S/C20H22N6O7/c27-10-13(26-9-12(23-24-26)11-4-2-1-3-5-11)18(31)21-8-14-16(29)17(30)19(33-14)25-7-6-15(28)22-20(25)32/h1-7,9,13-14,16-17,19,27,29-30H,8,10H2,(H,21,31)(H,22,28,32)/t13-,14-,16-,17-,19-/m1/s1. The predicted octanol–water partition coefficient (Wildman–Crippen LogP) is -2.24. The second-order valence-corrected chi connectivity index (χ2v) is 7.46. The quantitative estimate of drug-likeness (QED) is 0.261. The zero-order valence-corrected chi connectivity index (χ0v) is 17.2. The molecule has 3 heterocycles. The molecule has 33 heavy (non-hydrogen) atoms. The number of H-pyrrole nitrogens is 1. The van der Waals surface area contributed by atoms with Crippen LogP contribution in [0, 0.1) is 0 Å². The first kappa shape index (κ1) is 22.5. The number of aliphatic hydroxyl groups excluding tert-OH is 3. The third kappa shape index (κ3) is 4.61. The normalized spacial score (nSPS) is 23.4. The lowest BCUT2D eigenvalue weighted by Gasteiger charge is -2.18. The first-order valence-corrected chi connectivity index (χ1v) is 10.1. The van der Waals surface area contributed by atoms with E-state index >= 15 is 0 Å². The number of carbonyl (C=O) groups is 1. The number of ether oxygens (including phenoxy) is 1. The molecule has 1 aromatic carbocycles. The Morgan fingerprint density at radius 2 is 1.94 bits per heavy atom. The monoisotopic (exact) mass is 458 g/mol. The molecule has 1 amide bonds. The zero-order valence-electron chi connectivity index (χ0n) is 17.2. The number of nitrogens with one attached hydrogen (secondary N) is 2. The van der Waals surface area contributed by atoms with Crippen molar-refractivity contribution in [3.8, 4) is 11.3 Å². The average Bonchev–Trinajstić information content (AvgIpc) is 3.40. The maximum atomic E-state index is 12.7. The minimum atomic E-state index is -1.48. The Labute approximate surface area is 185 Å². The smallest absolute Gasteiger partial charge is 0.330 e. The summed E-state index contributed by atoms with van der Waals surface area (Å²) in [6.45, 7) is -0.780. The van der Waals surface area contributed by atoms with Gasteiger partial charge >= 0.3 is 5.69 Å². The summed E-state index contributed by atoms with van der Waals surface area (Å²) in [5.74, 6) is -0.614. The molecule has 13 heteroatoms. The van der Waals surface area contributed by atoms with Gasteiger partial charge in [0.15, 0.2) is 12.3 Å². The topological polar surface area (TPSA) is 185 Å². The number of nitrogens with zero attached hydrogens (tertiary/aromatic N) is 4. The van der Waals surface area contributed by atoms with E-state index in [9.17, 15) is 29.7 Å². The summed E-state index contributed by atoms with van der Waals surface area (Å²) < 4.78 is 7.72. The van der Waals surface area contributed by atoms with E-state index in [1.165, 1.54) is 10.9 Å². The van der Waals surface area contributed by atoms with Crippen LogP contribution >= 0.6 is 0 Å². The Balaban J connectivity index is 1.42. The number of amides is 1. The molecule has 0 unspecified atom stereocenters. The lowest BCUT2D eigenvalue weighted by Crippen LogP contribution is -2.43. The van der Waals surface area contributed by atoms with Crippen LogP contribution in [0.4, 0.5) is 0 Å². The number of rotatable bonds is 7. The predicted molar refractivity (Wildman–Crippen MR) is 112 cm³/mol. The number of hydrogen-bond acceptors (Lipinski definition) is 9. The van der Waals surface area contributed by atoms with E-state index in [-0.39, 0.29) is 6.54 Å². The van der Waals surface area contributed by atoms with Crippen molar-refractivity contribution in [1.29, 1.82) is 0 Å². The third-order valence-electron chi connectivity index (χ3n) is 5.31. The van der Waals surface area contributed by atoms with Crippen LogP contribution in [0.5, 0.6) is 0 Å². The van der Waals surface area contributed by atoms with Gasteiger partial charge in [-0.15, -0.1) is 5.10 Å². The molecule has 3 aromatic rings. The van der Waals surface area contributed by atoms with Crippen LogP contribution in [-0.4, -0.2) is 77.2 Å². The SMILES string of the molecule is O=C(NC[C@H]1O[C@@H](n2ccc(=O)[nH]c2=O)[C@H](O)[C@@H]1O)[C@@H](CO)n1cc(-c2ccccc2)nn1.